The Hall–Kier alpha value is -0.900. The first kappa shape index (κ1) is 15.2. The molecule has 0 aromatic heterocycles. The number of alkyl halides is 3. The number of hydrogen-bond acceptors (Lipinski definition) is 5. The van der Waals surface area contributed by atoms with Crippen molar-refractivity contribution in [2.24, 2.45) is 0 Å². The second kappa shape index (κ2) is 5.39. The van der Waals surface area contributed by atoms with E-state index in [0.29, 0.717) is 0 Å². The van der Waals surface area contributed by atoms with Gasteiger partial charge >= 0.3 is 12.1 Å². The van der Waals surface area contributed by atoms with Crippen molar-refractivity contribution in [2.45, 2.75) is 43.7 Å². The molecule has 1 saturated heterocycles. The number of amides is 1. The molecule has 1 aliphatic heterocycles. The minimum atomic E-state index is -5.06. The molecule has 9 heteroatoms. The van der Waals surface area contributed by atoms with Gasteiger partial charge in [-0.25, -0.2) is 0 Å². The summed E-state index contributed by atoms with van der Waals surface area (Å²) < 4.78 is 45.9. The normalized spacial score (nSPS) is 37.4. The quantitative estimate of drug-likeness (QED) is 0.610. The van der Waals surface area contributed by atoms with Crippen LogP contribution in [-0.4, -0.2) is 60.1 Å². The van der Waals surface area contributed by atoms with E-state index in [1.165, 1.54) is 6.92 Å². The third-order valence-electron chi connectivity index (χ3n) is 2.67. The lowest BCUT2D eigenvalue weighted by atomic mass is 9.97. The van der Waals surface area contributed by atoms with Gasteiger partial charge in [-0.1, -0.05) is 0 Å². The van der Waals surface area contributed by atoms with Crippen molar-refractivity contribution >= 4 is 5.91 Å². The maximum atomic E-state index is 12.1. The number of halogens is 3. The molecule has 106 valence electrons. The molecule has 0 bridgehead atoms. The minimum Gasteiger partial charge on any atom is -0.388 e. The molecule has 0 spiro atoms. The lowest BCUT2D eigenvalue weighted by molar-refractivity contribution is -0.261. The molecule has 1 fully saturated rings. The molecule has 1 heterocycles. The second-order valence-electron chi connectivity index (χ2n) is 3.92. The maximum absolute atomic E-state index is 12.1. The number of methoxy groups -OCH3 is 1. The fourth-order valence-corrected chi connectivity index (χ4v) is 1.72. The highest BCUT2D eigenvalue weighted by Gasteiger charge is 2.47. The third-order valence-corrected chi connectivity index (χ3v) is 2.67. The Morgan fingerprint density at radius 1 is 1.39 bits per heavy atom. The van der Waals surface area contributed by atoms with Crippen LogP contribution in [0.25, 0.3) is 0 Å². The maximum Gasteiger partial charge on any atom is 0.471 e. The van der Waals surface area contributed by atoms with Gasteiger partial charge in [0.05, 0.1) is 12.1 Å². The standard InChI is InChI=1S/C9H14F3NO5/c1-3-4(13-8(16)9(10,11)12)5(14)6(17-2)7(15)18-3/h3-7,14-15H,1-2H3,(H,13,16)/t3-,4-,5+,6+,7+/m1/s1. The summed E-state index contributed by atoms with van der Waals surface area (Å²) in [4.78, 5) is 10.8. The molecule has 3 N–H and O–H groups in total. The number of aliphatic hydroxyl groups excluding tert-OH is 2. The lowest BCUT2D eigenvalue weighted by Gasteiger charge is -2.41. The molecule has 0 unspecified atom stereocenters. The summed E-state index contributed by atoms with van der Waals surface area (Å²) >= 11 is 0. The van der Waals surface area contributed by atoms with Gasteiger partial charge in [0, 0.05) is 7.11 Å². The molecule has 1 rings (SSSR count). The van der Waals surface area contributed by atoms with Crippen LogP contribution in [0.3, 0.4) is 0 Å². The zero-order valence-electron chi connectivity index (χ0n) is 9.64. The molecule has 5 atom stereocenters. The summed E-state index contributed by atoms with van der Waals surface area (Å²) in [5, 5.41) is 20.7. The van der Waals surface area contributed by atoms with E-state index >= 15 is 0 Å². The molecule has 6 nitrogen and oxygen atoms in total. The van der Waals surface area contributed by atoms with Crippen LogP contribution >= 0.6 is 0 Å². The van der Waals surface area contributed by atoms with E-state index in [1.54, 1.807) is 5.32 Å². The smallest absolute Gasteiger partial charge is 0.388 e. The van der Waals surface area contributed by atoms with Gasteiger partial charge in [-0.15, -0.1) is 0 Å². The van der Waals surface area contributed by atoms with Crippen molar-refractivity contribution in [2.75, 3.05) is 7.11 Å². The summed E-state index contributed by atoms with van der Waals surface area (Å²) in [6.45, 7) is 1.32. The number of rotatable bonds is 2. The number of carbonyl (C=O) groups is 1. The average Bonchev–Trinajstić information content (AvgIpc) is 2.22. The fourth-order valence-electron chi connectivity index (χ4n) is 1.72. The molecule has 0 aliphatic carbocycles. The molecule has 0 aromatic carbocycles. The van der Waals surface area contributed by atoms with E-state index in [-0.39, 0.29) is 0 Å². The molecular weight excluding hydrogens is 259 g/mol. The van der Waals surface area contributed by atoms with E-state index in [1.807, 2.05) is 0 Å². The number of nitrogens with one attached hydrogen (secondary N) is 1. The van der Waals surface area contributed by atoms with Crippen molar-refractivity contribution in [3.05, 3.63) is 0 Å². The van der Waals surface area contributed by atoms with Gasteiger partial charge in [0.15, 0.2) is 6.29 Å². The van der Waals surface area contributed by atoms with E-state index < -0.39 is 42.7 Å². The predicted octanol–water partition coefficient (Wildman–Crippen LogP) is -0.854. The molecule has 0 aromatic rings. The van der Waals surface area contributed by atoms with Crippen LogP contribution in [0.4, 0.5) is 13.2 Å². The molecule has 18 heavy (non-hydrogen) atoms. The lowest BCUT2D eigenvalue weighted by Crippen LogP contribution is -2.64. The highest BCUT2D eigenvalue weighted by Crippen LogP contribution is 2.23. The van der Waals surface area contributed by atoms with Gasteiger partial charge in [0.1, 0.15) is 12.2 Å². The Morgan fingerprint density at radius 3 is 2.39 bits per heavy atom. The van der Waals surface area contributed by atoms with E-state index in [9.17, 15) is 28.2 Å². The summed E-state index contributed by atoms with van der Waals surface area (Å²) in [5.41, 5.74) is 0. The van der Waals surface area contributed by atoms with Crippen molar-refractivity contribution in [1.82, 2.24) is 5.32 Å². The van der Waals surface area contributed by atoms with Gasteiger partial charge in [0.2, 0.25) is 0 Å². The second-order valence-corrected chi connectivity index (χ2v) is 3.92. The first-order valence-corrected chi connectivity index (χ1v) is 5.10. The zero-order chi connectivity index (χ0) is 14.1. The summed E-state index contributed by atoms with van der Waals surface area (Å²) in [7, 11) is 1.15. The Balaban J connectivity index is 2.77. The molecule has 1 aliphatic rings. The zero-order valence-corrected chi connectivity index (χ0v) is 9.64. The number of carbonyl (C=O) groups excluding carboxylic acids is 1. The van der Waals surface area contributed by atoms with Crippen LogP contribution in [0.2, 0.25) is 0 Å². The van der Waals surface area contributed by atoms with Gasteiger partial charge in [0.25, 0.3) is 0 Å². The van der Waals surface area contributed by atoms with Gasteiger partial charge in [-0.2, -0.15) is 13.2 Å². The van der Waals surface area contributed by atoms with Crippen LogP contribution in [0.1, 0.15) is 6.92 Å². The topological polar surface area (TPSA) is 88.0 Å². The predicted molar refractivity (Wildman–Crippen MR) is 51.3 cm³/mol. The first-order valence-electron chi connectivity index (χ1n) is 5.10. The van der Waals surface area contributed by atoms with Crippen LogP contribution in [0, 0.1) is 0 Å². The SMILES string of the molecule is CO[C@H]1[C@@H](O)[C@H](NC(=O)C(F)(F)F)[C@@H](C)O[C@@H]1O. The first-order chi connectivity index (χ1) is 8.18. The number of ether oxygens (including phenoxy) is 2. The van der Waals surface area contributed by atoms with Crippen molar-refractivity contribution in [1.29, 1.82) is 0 Å². The monoisotopic (exact) mass is 273 g/mol. The van der Waals surface area contributed by atoms with Crippen LogP contribution in [0.15, 0.2) is 0 Å². The largest absolute Gasteiger partial charge is 0.471 e. The third kappa shape index (κ3) is 3.10. The summed E-state index contributed by atoms with van der Waals surface area (Å²) in [5.74, 6) is -2.19. The Kier molecular flexibility index (Phi) is 4.54. The van der Waals surface area contributed by atoms with Gasteiger partial charge in [-0.05, 0) is 6.92 Å². The summed E-state index contributed by atoms with van der Waals surface area (Å²) in [6.07, 6.45) is -10.3. The van der Waals surface area contributed by atoms with Crippen LogP contribution in [0.5, 0.6) is 0 Å². The number of aliphatic hydroxyl groups is 2. The van der Waals surface area contributed by atoms with E-state index in [0.717, 1.165) is 7.11 Å². The van der Waals surface area contributed by atoms with Gasteiger partial charge in [-0.3, -0.25) is 4.79 Å². The Labute approximate surface area is 101 Å². The minimum absolute atomic E-state index is 0.993. The highest BCUT2D eigenvalue weighted by molar-refractivity contribution is 5.82. The van der Waals surface area contributed by atoms with Crippen molar-refractivity contribution in [3.8, 4) is 0 Å². The molecule has 0 saturated carbocycles. The van der Waals surface area contributed by atoms with Crippen LogP contribution < -0.4 is 5.32 Å². The molecule has 1 amide bonds. The highest BCUT2D eigenvalue weighted by atomic mass is 19.4. The molecule has 0 radical (unpaired) electrons. The van der Waals surface area contributed by atoms with E-state index in [2.05, 4.69) is 0 Å². The van der Waals surface area contributed by atoms with Crippen molar-refractivity contribution < 1.29 is 37.7 Å². The molecular formula is C9H14F3NO5. The van der Waals surface area contributed by atoms with Gasteiger partial charge < -0.3 is 25.0 Å². The fraction of sp³-hybridized carbons (Fsp3) is 0.889. The number of hydrogen-bond donors (Lipinski definition) is 3. The Morgan fingerprint density at radius 2 is 1.94 bits per heavy atom. The van der Waals surface area contributed by atoms with E-state index in [4.69, 9.17) is 9.47 Å². The Bertz CT molecular complexity index is 311. The average molecular weight is 273 g/mol. The van der Waals surface area contributed by atoms with Crippen molar-refractivity contribution in [3.63, 3.8) is 0 Å². The van der Waals surface area contributed by atoms with Crippen LogP contribution in [-0.2, 0) is 14.3 Å². The summed E-state index contributed by atoms with van der Waals surface area (Å²) in [6, 6.07) is -1.33.